The fourth-order valence-electron chi connectivity index (χ4n) is 3.64. The number of hydrogen-bond donors (Lipinski definition) is 0. The van der Waals surface area contributed by atoms with Crippen LogP contribution in [0.5, 0.6) is 0 Å². The Morgan fingerprint density at radius 3 is 1.14 bits per heavy atom. The molecule has 0 bridgehead atoms. The summed E-state index contributed by atoms with van der Waals surface area (Å²) in [4.78, 5) is 25.3. The molecule has 4 heteroatoms. The van der Waals surface area contributed by atoms with Gasteiger partial charge in [0.05, 0.1) is 13.2 Å². The summed E-state index contributed by atoms with van der Waals surface area (Å²) in [7, 11) is 0. The van der Waals surface area contributed by atoms with Crippen molar-refractivity contribution in [1.29, 1.82) is 0 Å². The van der Waals surface area contributed by atoms with Crippen molar-refractivity contribution >= 4 is 11.9 Å². The Balaban J connectivity index is 4.09. The third-order valence-corrected chi connectivity index (χ3v) is 5.95. The Morgan fingerprint density at radius 2 is 0.828 bits per heavy atom. The van der Waals surface area contributed by atoms with Crippen LogP contribution in [0.15, 0.2) is 0 Å². The van der Waals surface area contributed by atoms with Gasteiger partial charge in [-0.1, -0.05) is 105 Å². The van der Waals surface area contributed by atoms with Crippen LogP contribution in [0.3, 0.4) is 0 Å². The van der Waals surface area contributed by atoms with Crippen LogP contribution in [-0.4, -0.2) is 25.2 Å². The molecule has 0 saturated carbocycles. The molecule has 172 valence electrons. The maximum Gasteiger partial charge on any atom is 0.323 e. The molecule has 0 atom stereocenters. The van der Waals surface area contributed by atoms with E-state index in [0.29, 0.717) is 26.1 Å². The van der Waals surface area contributed by atoms with Gasteiger partial charge in [-0.3, -0.25) is 9.59 Å². The number of ether oxygens (including phenoxy) is 2. The molecule has 0 unspecified atom stereocenters. The molecule has 0 fully saturated rings. The van der Waals surface area contributed by atoms with Crippen molar-refractivity contribution in [2.75, 3.05) is 13.2 Å². The zero-order chi connectivity index (χ0) is 21.8. The summed E-state index contributed by atoms with van der Waals surface area (Å²) >= 11 is 0. The fourth-order valence-corrected chi connectivity index (χ4v) is 3.64. The minimum Gasteiger partial charge on any atom is -0.465 e. The van der Waals surface area contributed by atoms with E-state index in [9.17, 15) is 9.59 Å². The molecule has 0 rings (SSSR count). The van der Waals surface area contributed by atoms with Gasteiger partial charge in [-0.05, 0) is 25.7 Å². The number of rotatable bonds is 20. The summed E-state index contributed by atoms with van der Waals surface area (Å²) in [5.41, 5.74) is -1.14. The van der Waals surface area contributed by atoms with Crippen LogP contribution in [0.1, 0.15) is 130 Å². The van der Waals surface area contributed by atoms with E-state index < -0.39 is 17.4 Å². The third-order valence-electron chi connectivity index (χ3n) is 5.95. The van der Waals surface area contributed by atoms with Crippen molar-refractivity contribution in [3.05, 3.63) is 0 Å². The van der Waals surface area contributed by atoms with Gasteiger partial charge in [-0.25, -0.2) is 0 Å². The smallest absolute Gasteiger partial charge is 0.323 e. The molecular formula is C25H48O4. The second-order valence-corrected chi connectivity index (χ2v) is 8.30. The molecule has 29 heavy (non-hydrogen) atoms. The number of hydrogen-bond acceptors (Lipinski definition) is 4. The molecule has 0 amide bonds. The van der Waals surface area contributed by atoms with E-state index >= 15 is 0 Å². The Bertz CT molecular complexity index is 402. The monoisotopic (exact) mass is 412 g/mol. The Labute approximate surface area is 180 Å². The average Bonchev–Trinajstić information content (AvgIpc) is 2.73. The van der Waals surface area contributed by atoms with Crippen LogP contribution in [0, 0.1) is 5.41 Å². The molecule has 0 aromatic carbocycles. The van der Waals surface area contributed by atoms with Crippen LogP contribution in [0.25, 0.3) is 0 Å². The minimum absolute atomic E-state index is 0.399. The minimum atomic E-state index is -1.14. The summed E-state index contributed by atoms with van der Waals surface area (Å²) in [5, 5.41) is 0. The highest BCUT2D eigenvalue weighted by molar-refractivity contribution is 5.99. The van der Waals surface area contributed by atoms with E-state index in [1.54, 1.807) is 0 Å². The van der Waals surface area contributed by atoms with Crippen molar-refractivity contribution in [2.45, 2.75) is 130 Å². The van der Waals surface area contributed by atoms with Gasteiger partial charge in [0, 0.05) is 0 Å². The molecule has 0 spiro atoms. The Kier molecular flexibility index (Phi) is 18.2. The van der Waals surface area contributed by atoms with E-state index in [4.69, 9.17) is 9.47 Å². The van der Waals surface area contributed by atoms with Gasteiger partial charge >= 0.3 is 11.9 Å². The van der Waals surface area contributed by atoms with E-state index in [-0.39, 0.29) is 0 Å². The lowest BCUT2D eigenvalue weighted by Crippen LogP contribution is -2.41. The van der Waals surface area contributed by atoms with Gasteiger partial charge in [0.1, 0.15) is 0 Å². The first-order valence-corrected chi connectivity index (χ1v) is 12.4. The van der Waals surface area contributed by atoms with Gasteiger partial charge in [-0.2, -0.15) is 0 Å². The highest BCUT2D eigenvalue weighted by Crippen LogP contribution is 2.30. The zero-order valence-electron chi connectivity index (χ0n) is 19.9. The van der Waals surface area contributed by atoms with Crippen molar-refractivity contribution < 1.29 is 19.1 Å². The largest absolute Gasteiger partial charge is 0.465 e. The highest BCUT2D eigenvalue weighted by atomic mass is 16.6. The molecule has 0 aliphatic rings. The number of carbonyl (C=O) groups is 2. The molecule has 0 aliphatic carbocycles. The van der Waals surface area contributed by atoms with Crippen molar-refractivity contribution in [1.82, 2.24) is 0 Å². The van der Waals surface area contributed by atoms with E-state index in [2.05, 4.69) is 13.8 Å². The molecule has 0 aliphatic heterocycles. The maximum atomic E-state index is 12.7. The van der Waals surface area contributed by atoms with Gasteiger partial charge < -0.3 is 9.47 Å². The van der Waals surface area contributed by atoms with Gasteiger partial charge in [0.25, 0.3) is 0 Å². The lowest BCUT2D eigenvalue weighted by atomic mass is 9.82. The molecule has 0 aromatic rings. The van der Waals surface area contributed by atoms with Crippen LogP contribution in [-0.2, 0) is 19.1 Å². The molecule has 4 nitrogen and oxygen atoms in total. The predicted octanol–water partition coefficient (Wildman–Crippen LogP) is 7.38. The van der Waals surface area contributed by atoms with Gasteiger partial charge in [-0.15, -0.1) is 0 Å². The first kappa shape index (κ1) is 27.9. The number of carbonyl (C=O) groups excluding carboxylic acids is 2. The lowest BCUT2D eigenvalue weighted by molar-refractivity contribution is -0.173. The van der Waals surface area contributed by atoms with Crippen LogP contribution in [0.2, 0.25) is 0 Å². The Morgan fingerprint density at radius 1 is 0.517 bits per heavy atom. The molecule has 0 N–H and O–H groups in total. The van der Waals surface area contributed by atoms with Crippen LogP contribution in [0.4, 0.5) is 0 Å². The normalized spacial score (nSPS) is 11.4. The van der Waals surface area contributed by atoms with Crippen molar-refractivity contribution in [3.8, 4) is 0 Å². The number of unbranched alkanes of at least 4 members (excludes halogenated alkanes) is 12. The molecule has 0 aromatic heterocycles. The topological polar surface area (TPSA) is 52.6 Å². The predicted molar refractivity (Wildman–Crippen MR) is 121 cm³/mol. The standard InChI is InChI=1S/C25H48O4/c1-5-9-11-13-14-15-16-18-20-22-29-24(27)25(7-3,8-4)23(26)28-21-19-17-12-10-6-2/h5-22H2,1-4H3. The summed E-state index contributed by atoms with van der Waals surface area (Å²) < 4.78 is 10.9. The summed E-state index contributed by atoms with van der Waals surface area (Å²) in [6.45, 7) is 8.95. The highest BCUT2D eigenvalue weighted by Gasteiger charge is 2.45. The van der Waals surface area contributed by atoms with Crippen LogP contribution >= 0.6 is 0 Å². The third kappa shape index (κ3) is 12.3. The quantitative estimate of drug-likeness (QED) is 0.119. The Hall–Kier alpha value is -1.06. The molecule has 0 saturated heterocycles. The van der Waals surface area contributed by atoms with Gasteiger partial charge in [0.15, 0.2) is 5.41 Å². The van der Waals surface area contributed by atoms with Crippen molar-refractivity contribution in [2.24, 2.45) is 5.41 Å². The van der Waals surface area contributed by atoms with Crippen LogP contribution < -0.4 is 0 Å². The molecular weight excluding hydrogens is 364 g/mol. The van der Waals surface area contributed by atoms with E-state index in [1.807, 2.05) is 13.8 Å². The lowest BCUT2D eigenvalue weighted by Gasteiger charge is -2.27. The summed E-state index contributed by atoms with van der Waals surface area (Å²) in [5.74, 6) is -0.812. The second-order valence-electron chi connectivity index (χ2n) is 8.30. The first-order valence-electron chi connectivity index (χ1n) is 12.4. The summed E-state index contributed by atoms with van der Waals surface area (Å²) in [6, 6.07) is 0. The van der Waals surface area contributed by atoms with E-state index in [1.165, 1.54) is 64.2 Å². The summed E-state index contributed by atoms with van der Waals surface area (Å²) in [6.07, 6.45) is 17.4. The fraction of sp³-hybridized carbons (Fsp3) is 0.920. The van der Waals surface area contributed by atoms with E-state index in [0.717, 1.165) is 25.7 Å². The number of esters is 2. The average molecular weight is 413 g/mol. The maximum absolute atomic E-state index is 12.7. The zero-order valence-corrected chi connectivity index (χ0v) is 19.9. The second kappa shape index (κ2) is 18.9. The van der Waals surface area contributed by atoms with Gasteiger partial charge in [0.2, 0.25) is 0 Å². The first-order chi connectivity index (χ1) is 14.1. The van der Waals surface area contributed by atoms with Crippen molar-refractivity contribution in [3.63, 3.8) is 0 Å². The SMILES string of the molecule is CCCCCCCCCCCOC(=O)C(CC)(CC)C(=O)OCCCCCCC. The molecule has 0 radical (unpaired) electrons. The molecule has 0 heterocycles.